The lowest BCUT2D eigenvalue weighted by Crippen LogP contribution is -2.65. The summed E-state index contributed by atoms with van der Waals surface area (Å²) in [5.74, 6) is 0. The van der Waals surface area contributed by atoms with Crippen molar-refractivity contribution in [3.8, 4) is 0 Å². The van der Waals surface area contributed by atoms with Crippen molar-refractivity contribution in [1.82, 2.24) is 15.1 Å². The Morgan fingerprint density at radius 3 is 2.72 bits per heavy atom. The zero-order chi connectivity index (χ0) is 13.3. The van der Waals surface area contributed by atoms with Crippen LogP contribution in [0.2, 0.25) is 0 Å². The van der Waals surface area contributed by atoms with E-state index >= 15 is 0 Å². The second-order valence-corrected chi connectivity index (χ2v) is 6.35. The highest BCUT2D eigenvalue weighted by Crippen LogP contribution is 2.21. The van der Waals surface area contributed by atoms with E-state index in [1.54, 1.807) is 0 Å². The van der Waals surface area contributed by atoms with Gasteiger partial charge in [0.05, 0.1) is 6.04 Å². The third-order valence-electron chi connectivity index (χ3n) is 3.57. The molecule has 2 aliphatic rings. The molecule has 0 bridgehead atoms. The first-order valence-electron chi connectivity index (χ1n) is 6.78. The van der Waals surface area contributed by atoms with E-state index in [1.165, 1.54) is 0 Å². The molecule has 2 saturated heterocycles. The number of carbonyl (C=O) groups is 1. The zero-order valence-corrected chi connectivity index (χ0v) is 11.9. The SMILES string of the molecule is CN1CCC2NCCN(C(=O)OC(C)(C)C)C2C1. The Morgan fingerprint density at radius 2 is 2.06 bits per heavy atom. The van der Waals surface area contributed by atoms with Crippen LogP contribution in [-0.2, 0) is 4.74 Å². The molecule has 2 unspecified atom stereocenters. The summed E-state index contributed by atoms with van der Waals surface area (Å²) in [4.78, 5) is 16.4. The van der Waals surface area contributed by atoms with Crippen LogP contribution in [0.3, 0.4) is 0 Å². The minimum absolute atomic E-state index is 0.172. The van der Waals surface area contributed by atoms with Gasteiger partial charge in [-0.15, -0.1) is 0 Å². The van der Waals surface area contributed by atoms with E-state index in [1.807, 2.05) is 25.7 Å². The Morgan fingerprint density at radius 1 is 1.33 bits per heavy atom. The standard InChI is InChI=1S/C13H25N3O2/c1-13(2,3)18-12(17)16-8-6-14-10-5-7-15(4)9-11(10)16/h10-11,14H,5-9H2,1-4H3. The summed E-state index contributed by atoms with van der Waals surface area (Å²) < 4.78 is 5.50. The Kier molecular flexibility index (Phi) is 3.82. The smallest absolute Gasteiger partial charge is 0.410 e. The monoisotopic (exact) mass is 255 g/mol. The highest BCUT2D eigenvalue weighted by atomic mass is 16.6. The maximum atomic E-state index is 12.2. The van der Waals surface area contributed by atoms with Gasteiger partial charge in [0.1, 0.15) is 5.60 Å². The Bertz CT molecular complexity index is 314. The second kappa shape index (κ2) is 5.05. The van der Waals surface area contributed by atoms with Crippen molar-refractivity contribution in [2.45, 2.75) is 44.9 Å². The summed E-state index contributed by atoms with van der Waals surface area (Å²) in [7, 11) is 2.11. The molecule has 2 heterocycles. The van der Waals surface area contributed by atoms with Crippen molar-refractivity contribution in [3.63, 3.8) is 0 Å². The van der Waals surface area contributed by atoms with Gasteiger partial charge in [0.25, 0.3) is 0 Å². The Hall–Kier alpha value is -0.810. The molecular formula is C13H25N3O2. The van der Waals surface area contributed by atoms with Crippen LogP contribution in [0.25, 0.3) is 0 Å². The van der Waals surface area contributed by atoms with Gasteiger partial charge in [0, 0.05) is 25.7 Å². The molecule has 2 fully saturated rings. The lowest BCUT2D eigenvalue weighted by atomic mass is 9.96. The number of hydrogen-bond acceptors (Lipinski definition) is 4. The van der Waals surface area contributed by atoms with E-state index in [-0.39, 0.29) is 12.1 Å². The molecule has 0 saturated carbocycles. The van der Waals surface area contributed by atoms with Crippen LogP contribution in [0, 0.1) is 0 Å². The topological polar surface area (TPSA) is 44.8 Å². The minimum atomic E-state index is -0.419. The molecule has 0 spiro atoms. The van der Waals surface area contributed by atoms with Gasteiger partial charge in [0.2, 0.25) is 0 Å². The van der Waals surface area contributed by atoms with Gasteiger partial charge in [0.15, 0.2) is 0 Å². The van der Waals surface area contributed by atoms with Gasteiger partial charge < -0.3 is 19.9 Å². The van der Waals surface area contributed by atoms with E-state index in [4.69, 9.17) is 4.74 Å². The maximum absolute atomic E-state index is 12.2. The number of fused-ring (bicyclic) bond motifs is 1. The molecular weight excluding hydrogens is 230 g/mol. The lowest BCUT2D eigenvalue weighted by molar-refractivity contribution is -0.00661. The first-order valence-corrected chi connectivity index (χ1v) is 6.78. The molecule has 0 aliphatic carbocycles. The highest BCUT2D eigenvalue weighted by molar-refractivity contribution is 5.69. The van der Waals surface area contributed by atoms with Crippen LogP contribution in [0.1, 0.15) is 27.2 Å². The fraction of sp³-hybridized carbons (Fsp3) is 0.923. The minimum Gasteiger partial charge on any atom is -0.444 e. The fourth-order valence-corrected chi connectivity index (χ4v) is 2.73. The molecule has 18 heavy (non-hydrogen) atoms. The van der Waals surface area contributed by atoms with Crippen LogP contribution in [0.4, 0.5) is 4.79 Å². The molecule has 2 atom stereocenters. The van der Waals surface area contributed by atoms with Gasteiger partial charge >= 0.3 is 6.09 Å². The number of hydrogen-bond donors (Lipinski definition) is 1. The molecule has 0 radical (unpaired) electrons. The van der Waals surface area contributed by atoms with Crippen LogP contribution in [0.15, 0.2) is 0 Å². The van der Waals surface area contributed by atoms with E-state index < -0.39 is 5.60 Å². The van der Waals surface area contributed by atoms with Crippen molar-refractivity contribution >= 4 is 6.09 Å². The van der Waals surface area contributed by atoms with E-state index in [0.717, 1.165) is 32.6 Å². The number of amides is 1. The fourth-order valence-electron chi connectivity index (χ4n) is 2.73. The Labute approximate surface area is 109 Å². The molecule has 5 heteroatoms. The van der Waals surface area contributed by atoms with Gasteiger partial charge in [-0.2, -0.15) is 0 Å². The van der Waals surface area contributed by atoms with E-state index in [0.29, 0.717) is 6.04 Å². The molecule has 1 N–H and O–H groups in total. The summed E-state index contributed by atoms with van der Waals surface area (Å²) in [5, 5.41) is 3.51. The quantitative estimate of drug-likeness (QED) is 0.698. The number of rotatable bonds is 0. The molecule has 0 aromatic rings. The molecule has 5 nitrogen and oxygen atoms in total. The number of likely N-dealkylation sites (N-methyl/N-ethyl adjacent to an activating group) is 1. The summed E-state index contributed by atoms with van der Waals surface area (Å²) in [5.41, 5.74) is -0.419. The molecule has 104 valence electrons. The van der Waals surface area contributed by atoms with Crippen molar-refractivity contribution in [2.24, 2.45) is 0 Å². The number of likely N-dealkylation sites (tertiary alicyclic amines) is 1. The second-order valence-electron chi connectivity index (χ2n) is 6.35. The molecule has 0 aromatic carbocycles. The summed E-state index contributed by atoms with van der Waals surface area (Å²) in [6, 6.07) is 0.662. The zero-order valence-electron chi connectivity index (χ0n) is 11.9. The van der Waals surface area contributed by atoms with Crippen molar-refractivity contribution in [3.05, 3.63) is 0 Å². The molecule has 0 aromatic heterocycles. The number of piperazine rings is 1. The number of ether oxygens (including phenoxy) is 1. The summed E-state index contributed by atoms with van der Waals surface area (Å²) >= 11 is 0. The predicted molar refractivity (Wildman–Crippen MR) is 70.6 cm³/mol. The van der Waals surface area contributed by atoms with Gasteiger partial charge in [-0.1, -0.05) is 0 Å². The van der Waals surface area contributed by atoms with Gasteiger partial charge in [-0.05, 0) is 40.8 Å². The third kappa shape index (κ3) is 3.14. The maximum Gasteiger partial charge on any atom is 0.410 e. The lowest BCUT2D eigenvalue weighted by Gasteiger charge is -2.46. The molecule has 2 rings (SSSR count). The van der Waals surface area contributed by atoms with Crippen LogP contribution >= 0.6 is 0 Å². The van der Waals surface area contributed by atoms with Gasteiger partial charge in [-0.25, -0.2) is 4.79 Å². The third-order valence-corrected chi connectivity index (χ3v) is 3.57. The number of carbonyl (C=O) groups excluding carboxylic acids is 1. The van der Waals surface area contributed by atoms with Crippen molar-refractivity contribution < 1.29 is 9.53 Å². The number of nitrogens with zero attached hydrogens (tertiary/aromatic N) is 2. The van der Waals surface area contributed by atoms with Crippen molar-refractivity contribution in [1.29, 1.82) is 0 Å². The highest BCUT2D eigenvalue weighted by Gasteiger charge is 2.38. The largest absolute Gasteiger partial charge is 0.444 e. The van der Waals surface area contributed by atoms with E-state index in [9.17, 15) is 4.79 Å². The predicted octanol–water partition coefficient (Wildman–Crippen LogP) is 0.899. The molecule has 2 aliphatic heterocycles. The summed E-state index contributed by atoms with van der Waals surface area (Å²) in [6.45, 7) is 9.37. The summed E-state index contributed by atoms with van der Waals surface area (Å²) in [6.07, 6.45) is 0.926. The number of nitrogens with one attached hydrogen (secondary N) is 1. The van der Waals surface area contributed by atoms with Crippen LogP contribution in [-0.4, -0.2) is 66.8 Å². The van der Waals surface area contributed by atoms with Crippen molar-refractivity contribution in [2.75, 3.05) is 33.2 Å². The first kappa shape index (κ1) is 13.6. The Balaban J connectivity index is 2.04. The van der Waals surface area contributed by atoms with Crippen LogP contribution < -0.4 is 5.32 Å². The first-order chi connectivity index (χ1) is 8.37. The normalized spacial score (nSPS) is 29.9. The van der Waals surface area contributed by atoms with Crippen LogP contribution in [0.5, 0.6) is 0 Å². The number of piperidine rings is 1. The average Bonchev–Trinajstić information content (AvgIpc) is 2.25. The van der Waals surface area contributed by atoms with E-state index in [2.05, 4.69) is 17.3 Å². The molecule has 1 amide bonds. The average molecular weight is 255 g/mol. The van der Waals surface area contributed by atoms with Gasteiger partial charge in [-0.3, -0.25) is 0 Å².